The first-order valence-corrected chi connectivity index (χ1v) is 8.29. The third-order valence-electron chi connectivity index (χ3n) is 3.37. The maximum absolute atomic E-state index is 12.5. The van der Waals surface area contributed by atoms with Crippen molar-refractivity contribution in [3.8, 4) is 0 Å². The smallest absolute Gasteiger partial charge is 0.272 e. The third-order valence-corrected chi connectivity index (χ3v) is 3.61. The maximum atomic E-state index is 12.5. The van der Waals surface area contributed by atoms with E-state index < -0.39 is 0 Å². The van der Waals surface area contributed by atoms with E-state index in [1.54, 1.807) is 12.3 Å². The number of benzene rings is 1. The average Bonchev–Trinajstić information content (AvgIpc) is 2.55. The Labute approximate surface area is 142 Å². The quantitative estimate of drug-likeness (QED) is 0.797. The number of hydrogen-bond acceptors (Lipinski definition) is 3. The fourth-order valence-corrected chi connectivity index (χ4v) is 2.53. The molecule has 0 unspecified atom stereocenters. The predicted molar refractivity (Wildman–Crippen MR) is 95.5 cm³/mol. The minimum atomic E-state index is -0.0111. The van der Waals surface area contributed by atoms with Crippen LogP contribution in [0.5, 0.6) is 0 Å². The van der Waals surface area contributed by atoms with Gasteiger partial charge in [0, 0.05) is 23.8 Å². The van der Waals surface area contributed by atoms with Gasteiger partial charge in [0.25, 0.3) is 5.91 Å². The summed E-state index contributed by atoms with van der Waals surface area (Å²) in [7, 11) is 0. The molecule has 0 radical (unpaired) electrons. The second-order valence-corrected chi connectivity index (χ2v) is 5.80. The molecule has 2 rings (SSSR count). The van der Waals surface area contributed by atoms with E-state index in [0.717, 1.165) is 37.3 Å². The van der Waals surface area contributed by atoms with Crippen molar-refractivity contribution >= 4 is 28.9 Å². The van der Waals surface area contributed by atoms with Gasteiger partial charge >= 0.3 is 0 Å². The van der Waals surface area contributed by atoms with Crippen molar-refractivity contribution in [3.63, 3.8) is 0 Å². The highest BCUT2D eigenvalue weighted by Crippen LogP contribution is 2.19. The number of pyridine rings is 1. The van der Waals surface area contributed by atoms with E-state index in [1.807, 2.05) is 35.2 Å². The molecular formula is C18H22ClN3O. The van der Waals surface area contributed by atoms with E-state index >= 15 is 0 Å². The Morgan fingerprint density at radius 2 is 1.87 bits per heavy atom. The minimum Gasteiger partial charge on any atom is -0.354 e. The molecule has 0 bridgehead atoms. The molecule has 2 aromatic rings. The molecule has 0 atom stereocenters. The zero-order valence-corrected chi connectivity index (χ0v) is 14.3. The van der Waals surface area contributed by atoms with Gasteiger partial charge in [-0.1, -0.05) is 31.5 Å². The topological polar surface area (TPSA) is 45.2 Å². The van der Waals surface area contributed by atoms with Gasteiger partial charge in [-0.25, -0.2) is 4.98 Å². The lowest BCUT2D eigenvalue weighted by Crippen LogP contribution is -2.33. The monoisotopic (exact) mass is 331 g/mol. The molecular weight excluding hydrogens is 310 g/mol. The van der Waals surface area contributed by atoms with Gasteiger partial charge in [0.1, 0.15) is 5.69 Å². The van der Waals surface area contributed by atoms with Gasteiger partial charge < -0.3 is 10.2 Å². The van der Waals surface area contributed by atoms with Crippen molar-refractivity contribution in [1.82, 2.24) is 9.88 Å². The number of rotatable bonds is 7. The van der Waals surface area contributed by atoms with E-state index in [2.05, 4.69) is 24.1 Å². The summed E-state index contributed by atoms with van der Waals surface area (Å²) in [4.78, 5) is 18.6. The van der Waals surface area contributed by atoms with Crippen LogP contribution < -0.4 is 5.32 Å². The number of aromatic nitrogens is 1. The Kier molecular flexibility index (Phi) is 6.41. The lowest BCUT2D eigenvalue weighted by atomic mass is 10.2. The third kappa shape index (κ3) is 4.96. The van der Waals surface area contributed by atoms with Gasteiger partial charge in [-0.3, -0.25) is 4.79 Å². The van der Waals surface area contributed by atoms with Crippen molar-refractivity contribution in [2.24, 2.45) is 0 Å². The van der Waals surface area contributed by atoms with E-state index in [0.29, 0.717) is 10.7 Å². The van der Waals surface area contributed by atoms with Crippen LogP contribution in [0.15, 0.2) is 42.6 Å². The fraction of sp³-hybridized carbons (Fsp3) is 0.333. The van der Waals surface area contributed by atoms with Crippen LogP contribution in [0.4, 0.5) is 11.4 Å². The average molecular weight is 332 g/mol. The summed E-state index contributed by atoms with van der Waals surface area (Å²) in [5.41, 5.74) is 2.18. The summed E-state index contributed by atoms with van der Waals surface area (Å²) in [5.74, 6) is -0.0111. The molecule has 0 aliphatic rings. The van der Waals surface area contributed by atoms with Crippen molar-refractivity contribution in [3.05, 3.63) is 53.3 Å². The number of carbonyl (C=O) groups is 1. The Hall–Kier alpha value is -2.07. The second kappa shape index (κ2) is 8.53. The summed E-state index contributed by atoms with van der Waals surface area (Å²) in [6.07, 6.45) is 3.56. The van der Waals surface area contributed by atoms with Crippen molar-refractivity contribution in [1.29, 1.82) is 0 Å². The number of carbonyl (C=O) groups excluding carboxylic acids is 1. The second-order valence-electron chi connectivity index (χ2n) is 5.36. The first kappa shape index (κ1) is 17.3. The van der Waals surface area contributed by atoms with Crippen LogP contribution in [-0.2, 0) is 0 Å². The molecule has 0 saturated carbocycles. The SMILES string of the molecule is CCCN(CCC)C(=O)c1ccc(Nc2cccc(Cl)c2)cn1. The highest BCUT2D eigenvalue weighted by atomic mass is 35.5. The summed E-state index contributed by atoms with van der Waals surface area (Å²) in [6, 6.07) is 11.1. The van der Waals surface area contributed by atoms with Crippen LogP contribution >= 0.6 is 11.6 Å². The van der Waals surface area contributed by atoms with E-state index in [4.69, 9.17) is 11.6 Å². The molecule has 0 aliphatic carbocycles. The molecule has 0 saturated heterocycles. The zero-order valence-electron chi connectivity index (χ0n) is 13.6. The van der Waals surface area contributed by atoms with Gasteiger partial charge in [0.15, 0.2) is 0 Å². The summed E-state index contributed by atoms with van der Waals surface area (Å²) in [6.45, 7) is 5.66. The largest absolute Gasteiger partial charge is 0.354 e. The molecule has 5 heteroatoms. The highest BCUT2D eigenvalue weighted by Gasteiger charge is 2.15. The van der Waals surface area contributed by atoms with Gasteiger partial charge in [-0.05, 0) is 43.2 Å². The van der Waals surface area contributed by atoms with Crippen LogP contribution in [-0.4, -0.2) is 28.9 Å². The molecule has 0 aliphatic heterocycles. The Morgan fingerprint density at radius 1 is 1.13 bits per heavy atom. The summed E-state index contributed by atoms with van der Waals surface area (Å²) in [5, 5.41) is 3.89. The van der Waals surface area contributed by atoms with E-state index in [1.165, 1.54) is 0 Å². The molecule has 1 amide bonds. The molecule has 122 valence electrons. The van der Waals surface area contributed by atoms with Crippen molar-refractivity contribution in [2.45, 2.75) is 26.7 Å². The minimum absolute atomic E-state index is 0.0111. The maximum Gasteiger partial charge on any atom is 0.272 e. The van der Waals surface area contributed by atoms with Gasteiger partial charge in [-0.15, -0.1) is 0 Å². The van der Waals surface area contributed by atoms with E-state index in [9.17, 15) is 4.79 Å². The number of anilines is 2. The molecule has 23 heavy (non-hydrogen) atoms. The first-order chi connectivity index (χ1) is 11.1. The van der Waals surface area contributed by atoms with E-state index in [-0.39, 0.29) is 5.91 Å². The summed E-state index contributed by atoms with van der Waals surface area (Å²) < 4.78 is 0. The Morgan fingerprint density at radius 3 is 2.43 bits per heavy atom. The number of amides is 1. The molecule has 1 aromatic carbocycles. The van der Waals surface area contributed by atoms with Crippen LogP contribution in [0, 0.1) is 0 Å². The number of nitrogens with zero attached hydrogens (tertiary/aromatic N) is 2. The molecule has 1 heterocycles. The number of hydrogen-bond donors (Lipinski definition) is 1. The lowest BCUT2D eigenvalue weighted by molar-refractivity contribution is 0.0749. The number of halogens is 1. The number of nitrogens with one attached hydrogen (secondary N) is 1. The van der Waals surface area contributed by atoms with Crippen LogP contribution in [0.3, 0.4) is 0 Å². The Bertz CT molecular complexity index is 637. The normalized spacial score (nSPS) is 10.4. The van der Waals surface area contributed by atoms with Gasteiger partial charge in [0.2, 0.25) is 0 Å². The molecule has 1 aromatic heterocycles. The molecule has 0 fully saturated rings. The predicted octanol–water partition coefficient (Wildman–Crippen LogP) is 4.74. The van der Waals surface area contributed by atoms with Gasteiger partial charge in [0.05, 0.1) is 11.9 Å². The zero-order chi connectivity index (χ0) is 16.7. The lowest BCUT2D eigenvalue weighted by Gasteiger charge is -2.21. The molecule has 4 nitrogen and oxygen atoms in total. The van der Waals surface area contributed by atoms with Crippen LogP contribution in [0.25, 0.3) is 0 Å². The van der Waals surface area contributed by atoms with Crippen LogP contribution in [0.2, 0.25) is 5.02 Å². The summed E-state index contributed by atoms with van der Waals surface area (Å²) >= 11 is 5.97. The fourth-order valence-electron chi connectivity index (χ4n) is 2.34. The van der Waals surface area contributed by atoms with Crippen molar-refractivity contribution in [2.75, 3.05) is 18.4 Å². The standard InChI is InChI=1S/C18H22ClN3O/c1-3-10-22(11-4-2)18(23)17-9-8-16(13-20-17)21-15-7-5-6-14(19)12-15/h5-9,12-13,21H,3-4,10-11H2,1-2H3. The van der Waals surface area contributed by atoms with Crippen LogP contribution in [0.1, 0.15) is 37.2 Å². The molecule has 0 spiro atoms. The Balaban J connectivity index is 2.07. The highest BCUT2D eigenvalue weighted by molar-refractivity contribution is 6.30. The van der Waals surface area contributed by atoms with Gasteiger partial charge in [-0.2, -0.15) is 0 Å². The molecule has 1 N–H and O–H groups in total. The first-order valence-electron chi connectivity index (χ1n) is 7.92. The van der Waals surface area contributed by atoms with Crippen molar-refractivity contribution < 1.29 is 4.79 Å².